The number of urea groups is 1. The summed E-state index contributed by atoms with van der Waals surface area (Å²) in [5.41, 5.74) is -0.240. The van der Waals surface area contributed by atoms with E-state index in [2.05, 4.69) is 10.6 Å². The van der Waals surface area contributed by atoms with E-state index in [1.807, 2.05) is 0 Å². The minimum absolute atomic E-state index is 0.235. The highest BCUT2D eigenvalue weighted by atomic mass is 19.1. The summed E-state index contributed by atoms with van der Waals surface area (Å²) >= 11 is 0. The van der Waals surface area contributed by atoms with Gasteiger partial charge in [-0.05, 0) is 37.0 Å². The van der Waals surface area contributed by atoms with Gasteiger partial charge in [-0.2, -0.15) is 0 Å². The molecule has 2 rings (SSSR count). The van der Waals surface area contributed by atoms with Crippen LogP contribution in [-0.4, -0.2) is 36.9 Å². The van der Waals surface area contributed by atoms with E-state index < -0.39 is 23.4 Å². The van der Waals surface area contributed by atoms with Gasteiger partial charge < -0.3 is 20.5 Å². The van der Waals surface area contributed by atoms with E-state index in [0.29, 0.717) is 25.7 Å². The fourth-order valence-electron chi connectivity index (χ4n) is 2.13. The van der Waals surface area contributed by atoms with Crippen LogP contribution in [0.4, 0.5) is 14.9 Å². The highest BCUT2D eigenvalue weighted by molar-refractivity contribution is 5.93. The smallest absolute Gasteiger partial charge is 0.338 e. The second kappa shape index (κ2) is 7.03. The van der Waals surface area contributed by atoms with Gasteiger partial charge in [0.15, 0.2) is 0 Å². The lowest BCUT2D eigenvalue weighted by molar-refractivity contribution is 0.0670. The highest BCUT2D eigenvalue weighted by Gasteiger charge is 2.15. The maximum Gasteiger partial charge on any atom is 0.338 e. The number of rotatable bonds is 4. The molecule has 0 saturated carbocycles. The van der Waals surface area contributed by atoms with Crippen molar-refractivity contribution >= 4 is 17.7 Å². The van der Waals surface area contributed by atoms with Crippen LogP contribution >= 0.6 is 0 Å². The molecule has 1 saturated heterocycles. The third-order valence-corrected chi connectivity index (χ3v) is 3.35. The van der Waals surface area contributed by atoms with Gasteiger partial charge >= 0.3 is 12.0 Å². The van der Waals surface area contributed by atoms with Gasteiger partial charge in [-0.15, -0.1) is 0 Å². The van der Waals surface area contributed by atoms with Crippen LogP contribution in [0.15, 0.2) is 18.2 Å². The van der Waals surface area contributed by atoms with E-state index in [1.54, 1.807) is 0 Å². The SMILES string of the molecule is O=C(NCC1CCOCC1)Nc1ccc(F)c(C(=O)O)c1. The van der Waals surface area contributed by atoms with Crippen LogP contribution in [0.1, 0.15) is 23.2 Å². The number of halogens is 1. The number of anilines is 1. The van der Waals surface area contributed by atoms with Gasteiger partial charge in [-0.1, -0.05) is 0 Å². The summed E-state index contributed by atoms with van der Waals surface area (Å²) in [5, 5.41) is 14.0. The standard InChI is InChI=1S/C14H17FN2O4/c15-12-2-1-10(7-11(12)13(18)19)17-14(20)16-8-9-3-5-21-6-4-9/h1-2,7,9H,3-6,8H2,(H,18,19)(H2,16,17,20). The van der Waals surface area contributed by atoms with Crippen molar-refractivity contribution in [3.8, 4) is 0 Å². The number of carbonyl (C=O) groups excluding carboxylic acids is 1. The zero-order valence-electron chi connectivity index (χ0n) is 11.4. The predicted octanol–water partition coefficient (Wildman–Crippen LogP) is 2.07. The van der Waals surface area contributed by atoms with Gasteiger partial charge in [0.2, 0.25) is 0 Å². The summed E-state index contributed by atoms with van der Waals surface area (Å²) in [6.07, 6.45) is 1.81. The molecule has 1 fully saturated rings. The molecule has 2 amide bonds. The normalized spacial score (nSPS) is 15.5. The van der Waals surface area contributed by atoms with Crippen LogP contribution < -0.4 is 10.6 Å². The summed E-state index contributed by atoms with van der Waals surface area (Å²) in [6.45, 7) is 1.93. The largest absolute Gasteiger partial charge is 0.478 e. The molecule has 7 heteroatoms. The molecule has 1 aliphatic rings. The van der Waals surface area contributed by atoms with E-state index in [9.17, 15) is 14.0 Å². The lowest BCUT2D eigenvalue weighted by Gasteiger charge is -2.22. The first-order valence-corrected chi connectivity index (χ1v) is 6.71. The van der Waals surface area contributed by atoms with Crippen LogP contribution in [0.2, 0.25) is 0 Å². The number of nitrogens with one attached hydrogen (secondary N) is 2. The first kappa shape index (κ1) is 15.2. The van der Waals surface area contributed by atoms with Crippen molar-refractivity contribution in [3.05, 3.63) is 29.6 Å². The van der Waals surface area contributed by atoms with E-state index in [0.717, 1.165) is 25.0 Å². The molecule has 0 bridgehead atoms. The van der Waals surface area contributed by atoms with E-state index in [1.165, 1.54) is 6.07 Å². The highest BCUT2D eigenvalue weighted by Crippen LogP contribution is 2.15. The molecule has 1 aromatic carbocycles. The summed E-state index contributed by atoms with van der Waals surface area (Å²) in [7, 11) is 0. The second-order valence-corrected chi connectivity index (χ2v) is 4.89. The van der Waals surface area contributed by atoms with Crippen molar-refractivity contribution in [2.45, 2.75) is 12.8 Å². The summed E-state index contributed by atoms with van der Waals surface area (Å²) in [6, 6.07) is 2.98. The zero-order valence-corrected chi connectivity index (χ0v) is 11.4. The Morgan fingerprint density at radius 1 is 1.33 bits per heavy atom. The zero-order chi connectivity index (χ0) is 15.2. The molecule has 0 unspecified atom stereocenters. The number of benzene rings is 1. The van der Waals surface area contributed by atoms with Gasteiger partial charge in [0.1, 0.15) is 5.82 Å². The van der Waals surface area contributed by atoms with Crippen molar-refractivity contribution in [1.29, 1.82) is 0 Å². The average Bonchev–Trinajstić information content (AvgIpc) is 2.48. The van der Waals surface area contributed by atoms with Crippen LogP contribution in [-0.2, 0) is 4.74 Å². The Morgan fingerprint density at radius 2 is 2.05 bits per heavy atom. The fraction of sp³-hybridized carbons (Fsp3) is 0.429. The number of carboxylic acids is 1. The van der Waals surface area contributed by atoms with Crippen molar-refractivity contribution in [2.75, 3.05) is 25.1 Å². The van der Waals surface area contributed by atoms with Crippen molar-refractivity contribution in [2.24, 2.45) is 5.92 Å². The summed E-state index contributed by atoms with van der Waals surface area (Å²) in [5.74, 6) is -1.83. The van der Waals surface area contributed by atoms with Gasteiger partial charge in [0.25, 0.3) is 0 Å². The number of aromatic carboxylic acids is 1. The molecule has 21 heavy (non-hydrogen) atoms. The van der Waals surface area contributed by atoms with Crippen molar-refractivity contribution in [3.63, 3.8) is 0 Å². The minimum atomic E-state index is -1.38. The van der Waals surface area contributed by atoms with E-state index >= 15 is 0 Å². The topological polar surface area (TPSA) is 87.7 Å². The van der Waals surface area contributed by atoms with E-state index in [4.69, 9.17) is 9.84 Å². The van der Waals surface area contributed by atoms with Crippen LogP contribution in [0.25, 0.3) is 0 Å². The molecule has 0 aromatic heterocycles. The number of hydrogen-bond donors (Lipinski definition) is 3. The maximum absolute atomic E-state index is 13.2. The molecule has 1 heterocycles. The van der Waals surface area contributed by atoms with Gasteiger partial charge in [0, 0.05) is 25.4 Å². The molecule has 0 spiro atoms. The lowest BCUT2D eigenvalue weighted by atomic mass is 10.0. The minimum Gasteiger partial charge on any atom is -0.478 e. The lowest BCUT2D eigenvalue weighted by Crippen LogP contribution is -2.35. The van der Waals surface area contributed by atoms with Gasteiger partial charge in [-0.3, -0.25) is 0 Å². The maximum atomic E-state index is 13.2. The molecule has 1 aromatic rings. The Bertz CT molecular complexity index is 530. The Hall–Kier alpha value is -2.15. The Kier molecular flexibility index (Phi) is 5.10. The number of hydrogen-bond acceptors (Lipinski definition) is 3. The molecule has 6 nitrogen and oxygen atoms in total. The second-order valence-electron chi connectivity index (χ2n) is 4.89. The summed E-state index contributed by atoms with van der Waals surface area (Å²) in [4.78, 5) is 22.5. The van der Waals surface area contributed by atoms with Gasteiger partial charge in [-0.25, -0.2) is 14.0 Å². The van der Waals surface area contributed by atoms with Crippen LogP contribution in [0.5, 0.6) is 0 Å². The Balaban J connectivity index is 1.87. The molecule has 1 aliphatic heterocycles. The molecule has 114 valence electrons. The number of ether oxygens (including phenoxy) is 1. The molecular weight excluding hydrogens is 279 g/mol. The van der Waals surface area contributed by atoms with Crippen LogP contribution in [0.3, 0.4) is 0 Å². The van der Waals surface area contributed by atoms with Crippen molar-refractivity contribution in [1.82, 2.24) is 5.32 Å². The summed E-state index contributed by atoms with van der Waals surface area (Å²) < 4.78 is 18.5. The monoisotopic (exact) mass is 296 g/mol. The first-order chi connectivity index (χ1) is 10.1. The van der Waals surface area contributed by atoms with Crippen LogP contribution in [0, 0.1) is 11.7 Å². The quantitative estimate of drug-likeness (QED) is 0.793. The Labute approximate surface area is 121 Å². The number of carbonyl (C=O) groups is 2. The first-order valence-electron chi connectivity index (χ1n) is 6.71. The third kappa shape index (κ3) is 4.42. The molecule has 0 radical (unpaired) electrons. The van der Waals surface area contributed by atoms with E-state index in [-0.39, 0.29) is 5.69 Å². The van der Waals surface area contributed by atoms with Crippen molar-refractivity contribution < 1.29 is 23.8 Å². The third-order valence-electron chi connectivity index (χ3n) is 3.35. The number of carboxylic acid groups (broad SMARTS) is 1. The molecular formula is C14H17FN2O4. The molecule has 0 atom stereocenters. The molecule has 0 aliphatic carbocycles. The Morgan fingerprint density at radius 3 is 2.71 bits per heavy atom. The molecule has 3 N–H and O–H groups in total. The average molecular weight is 296 g/mol. The van der Waals surface area contributed by atoms with Gasteiger partial charge in [0.05, 0.1) is 5.56 Å². The predicted molar refractivity (Wildman–Crippen MR) is 73.9 cm³/mol. The fourth-order valence-corrected chi connectivity index (χ4v) is 2.13. The number of amides is 2.